The molecule has 1 aliphatic rings. The van der Waals surface area contributed by atoms with Crippen LogP contribution in [-0.4, -0.2) is 152 Å². The van der Waals surface area contributed by atoms with Crippen molar-refractivity contribution in [2.75, 3.05) is 80.3 Å². The van der Waals surface area contributed by atoms with E-state index < -0.39 is 60.1 Å². The smallest absolute Gasteiger partial charge is 0.462 e. The van der Waals surface area contributed by atoms with Crippen LogP contribution in [0, 0.1) is 0 Å². The highest BCUT2D eigenvalue weighted by molar-refractivity contribution is 6.70. The van der Waals surface area contributed by atoms with Gasteiger partial charge in [0.25, 0.3) is 17.9 Å². The number of rotatable bonds is 33. The zero-order valence-electron chi connectivity index (χ0n) is 40.7. The molecule has 1 fully saturated rings. The van der Waals surface area contributed by atoms with E-state index in [1.165, 1.54) is 6.92 Å². The van der Waals surface area contributed by atoms with Gasteiger partial charge < -0.3 is 63.2 Å². The van der Waals surface area contributed by atoms with Crippen LogP contribution in [0.1, 0.15) is 94.4 Å². The number of ether oxygens (including phenoxy) is 4. The number of hydrogen-bond donors (Lipinski definition) is 0. The van der Waals surface area contributed by atoms with E-state index in [1.807, 2.05) is 41.2 Å². The summed E-state index contributed by atoms with van der Waals surface area (Å²) >= 11 is 0. The molecular formula is C41H80O19Si4. The molecule has 0 aromatic carbocycles. The van der Waals surface area contributed by atoms with Crippen LogP contribution in [0.25, 0.3) is 0 Å². The number of epoxide rings is 1. The first-order chi connectivity index (χ1) is 30.3. The molecule has 1 heterocycles. The standard InChI is InChI=1S/C15H22O8Si.C12H24O4Si.C8H18O4Si.C6H16O3Si/c1-6-24(21-12(4)16,22-13(5)17)23-14(18)9-7-8-10-20-15(19)11(2)3;1-6-15-17(5,16-7-2)10-8-9-14-12(13)11(3)4;1-9-13(10-2)5-3-4-11-6-8-7-12-8;1-4-7-10(8-5-2)9-6-3/h6H,1-2,7-10H2,3-5H3;3,6-10H2,1-2,4-5H3;8,13H,3-7H2,1-2H3;10H,4-6H2,1-3H3. The Hall–Kier alpha value is -2.92. The first kappa shape index (κ1) is 65.4. The van der Waals surface area contributed by atoms with Crippen molar-refractivity contribution < 1.29 is 87.2 Å². The van der Waals surface area contributed by atoms with Gasteiger partial charge in [0.1, 0.15) is 6.10 Å². The second kappa shape index (κ2) is 41.5. The average Bonchev–Trinajstić information content (AvgIpc) is 4.06. The van der Waals surface area contributed by atoms with Crippen LogP contribution in [0.5, 0.6) is 0 Å². The van der Waals surface area contributed by atoms with Crippen molar-refractivity contribution in [2.45, 2.75) is 119 Å². The minimum atomic E-state index is -3.94. The summed E-state index contributed by atoms with van der Waals surface area (Å²) in [6.45, 7) is 33.8. The summed E-state index contributed by atoms with van der Waals surface area (Å²) in [5.74, 6) is -3.07. The first-order valence-corrected chi connectivity index (χ1v) is 29.0. The van der Waals surface area contributed by atoms with Crippen molar-refractivity contribution in [3.63, 3.8) is 0 Å². The Morgan fingerprint density at radius 2 is 1.16 bits per heavy atom. The van der Waals surface area contributed by atoms with Gasteiger partial charge in [-0.25, -0.2) is 9.59 Å². The normalized spacial score (nSPS) is 12.8. The molecule has 64 heavy (non-hydrogen) atoms. The molecule has 1 aliphatic heterocycles. The molecule has 0 N–H and O–H groups in total. The summed E-state index contributed by atoms with van der Waals surface area (Å²) in [6, 6.07) is 1.84. The van der Waals surface area contributed by atoms with Gasteiger partial charge in [-0.3, -0.25) is 14.4 Å². The summed E-state index contributed by atoms with van der Waals surface area (Å²) in [4.78, 5) is 56.4. The van der Waals surface area contributed by atoms with Crippen LogP contribution in [0.15, 0.2) is 36.6 Å². The van der Waals surface area contributed by atoms with Crippen molar-refractivity contribution >= 4 is 66.0 Å². The quantitative estimate of drug-likeness (QED) is 0.0265. The van der Waals surface area contributed by atoms with Crippen LogP contribution in [-0.2, 0) is 87.2 Å². The van der Waals surface area contributed by atoms with Gasteiger partial charge in [0.15, 0.2) is 0 Å². The molecular weight excluding hydrogens is 909 g/mol. The van der Waals surface area contributed by atoms with Gasteiger partial charge in [-0.05, 0) is 92.8 Å². The lowest BCUT2D eigenvalue weighted by Crippen LogP contribution is -2.48. The third kappa shape index (κ3) is 39.4. The van der Waals surface area contributed by atoms with Crippen LogP contribution in [0.4, 0.5) is 0 Å². The molecule has 0 saturated carbocycles. The fourth-order valence-electron chi connectivity index (χ4n) is 4.55. The fraction of sp³-hybridized carbons (Fsp3) is 0.732. The number of unbranched alkanes of at least 4 members (excludes halogenated alkanes) is 1. The highest BCUT2D eigenvalue weighted by atomic mass is 28.4. The monoisotopic (exact) mass is 988 g/mol. The second-order valence-electron chi connectivity index (χ2n) is 13.6. The van der Waals surface area contributed by atoms with Gasteiger partial charge in [0.2, 0.25) is 0 Å². The Bertz CT molecular complexity index is 1280. The molecule has 1 saturated heterocycles. The van der Waals surface area contributed by atoms with Crippen molar-refractivity contribution in [1.29, 1.82) is 0 Å². The Kier molecular flexibility index (Phi) is 42.4. The summed E-state index contributed by atoms with van der Waals surface area (Å²) in [6.07, 6.45) is 2.92. The molecule has 0 aliphatic carbocycles. The van der Waals surface area contributed by atoms with E-state index in [1.54, 1.807) is 21.1 Å². The molecule has 0 radical (unpaired) electrons. The molecule has 23 heteroatoms. The topological polar surface area (TPSA) is 218 Å². The van der Waals surface area contributed by atoms with Gasteiger partial charge in [-0.1, -0.05) is 19.7 Å². The Labute approximate surface area is 388 Å². The molecule has 19 nitrogen and oxygen atoms in total. The lowest BCUT2D eigenvalue weighted by atomic mass is 10.2. The highest BCUT2D eigenvalue weighted by Crippen LogP contribution is 2.17. The van der Waals surface area contributed by atoms with E-state index in [9.17, 15) is 24.0 Å². The number of carbonyl (C=O) groups excluding carboxylic acids is 5. The Balaban J connectivity index is -0.000000816. The highest BCUT2D eigenvalue weighted by Gasteiger charge is 2.49. The molecule has 374 valence electrons. The molecule has 0 aromatic heterocycles. The van der Waals surface area contributed by atoms with Gasteiger partial charge in [-0.2, -0.15) is 0 Å². The van der Waals surface area contributed by atoms with Gasteiger partial charge >= 0.3 is 48.1 Å². The van der Waals surface area contributed by atoms with E-state index in [0.717, 1.165) is 64.3 Å². The van der Waals surface area contributed by atoms with E-state index >= 15 is 0 Å². The maximum atomic E-state index is 11.8. The lowest BCUT2D eigenvalue weighted by Gasteiger charge is -2.25. The molecule has 0 bridgehead atoms. The minimum absolute atomic E-state index is 0.0320. The van der Waals surface area contributed by atoms with E-state index in [4.69, 9.17) is 63.2 Å². The average molecular weight is 989 g/mol. The van der Waals surface area contributed by atoms with Crippen LogP contribution >= 0.6 is 0 Å². The first-order valence-electron chi connectivity index (χ1n) is 21.6. The Morgan fingerprint density at radius 3 is 1.53 bits per heavy atom. The van der Waals surface area contributed by atoms with Crippen LogP contribution < -0.4 is 0 Å². The molecule has 0 aromatic rings. The van der Waals surface area contributed by atoms with Crippen molar-refractivity contribution in [2.24, 2.45) is 0 Å². The van der Waals surface area contributed by atoms with E-state index in [2.05, 4.69) is 19.7 Å². The second-order valence-corrected chi connectivity index (χ2v) is 23.1. The maximum absolute atomic E-state index is 11.8. The van der Waals surface area contributed by atoms with Crippen molar-refractivity contribution in [1.82, 2.24) is 0 Å². The van der Waals surface area contributed by atoms with Crippen molar-refractivity contribution in [3.05, 3.63) is 36.6 Å². The number of carbonyl (C=O) groups is 5. The fourth-order valence-corrected chi connectivity index (χ4v) is 10.8. The largest absolute Gasteiger partial charge is 0.734 e. The molecule has 0 spiro atoms. The molecule has 1 unspecified atom stereocenters. The summed E-state index contributed by atoms with van der Waals surface area (Å²) < 4.78 is 72.5. The zero-order chi connectivity index (χ0) is 49.4. The Morgan fingerprint density at radius 1 is 0.688 bits per heavy atom. The third-order valence-corrected chi connectivity index (χ3v) is 16.5. The predicted molar refractivity (Wildman–Crippen MR) is 248 cm³/mol. The summed E-state index contributed by atoms with van der Waals surface area (Å²) in [5.41, 5.74) is 1.75. The van der Waals surface area contributed by atoms with Crippen molar-refractivity contribution in [3.8, 4) is 0 Å². The summed E-state index contributed by atoms with van der Waals surface area (Å²) in [5, 5.41) is 0. The molecule has 1 rings (SSSR count). The molecule has 0 amide bonds. The van der Waals surface area contributed by atoms with Crippen LogP contribution in [0.2, 0.25) is 18.6 Å². The number of esters is 2. The van der Waals surface area contributed by atoms with E-state index in [0.29, 0.717) is 69.7 Å². The van der Waals surface area contributed by atoms with Gasteiger partial charge in [0, 0.05) is 91.0 Å². The predicted octanol–water partition coefficient (Wildman–Crippen LogP) is 5.37. The maximum Gasteiger partial charge on any atom is 0.734 e. The van der Waals surface area contributed by atoms with E-state index in [-0.39, 0.29) is 19.0 Å². The SMILES string of the molecule is C=C(C)C(=O)OCCC[Si](C)(OCC)OCC.C=C[Si](OC(C)=O)(OC(C)=O)OC(=O)CCCCOC(=O)C(=C)C.CCO[SiH](OCC)OCC.CO[SiH](CCCOCC1CO1)OC. The minimum Gasteiger partial charge on any atom is -0.462 e. The zero-order valence-corrected chi connectivity index (χ0v) is 45.0. The summed E-state index contributed by atoms with van der Waals surface area (Å²) in [7, 11) is -5.68. The van der Waals surface area contributed by atoms with Gasteiger partial charge in [0.05, 0.1) is 26.4 Å². The van der Waals surface area contributed by atoms with Crippen LogP contribution in [0.3, 0.4) is 0 Å². The lowest BCUT2D eigenvalue weighted by molar-refractivity contribution is -0.148. The third-order valence-electron chi connectivity index (χ3n) is 7.56. The van der Waals surface area contributed by atoms with Gasteiger partial charge in [-0.15, -0.1) is 0 Å². The number of hydrogen-bond acceptors (Lipinski definition) is 19. The molecule has 1 atom stereocenters.